The molecule has 1 atom stereocenters. The Balaban J connectivity index is 2.43. The maximum Gasteiger partial charge on any atom is 0.313 e. The van der Waals surface area contributed by atoms with E-state index in [9.17, 15) is 4.79 Å². The predicted molar refractivity (Wildman–Crippen MR) is 62.1 cm³/mol. The molecule has 1 aromatic carbocycles. The Morgan fingerprint density at radius 3 is 2.59 bits per heavy atom. The molecule has 0 fully saturated rings. The summed E-state index contributed by atoms with van der Waals surface area (Å²) < 4.78 is 1.55. The van der Waals surface area contributed by atoms with Gasteiger partial charge in [-0.05, 0) is 26.0 Å². The van der Waals surface area contributed by atoms with Gasteiger partial charge in [0.2, 0.25) is 0 Å². The SMILES string of the molecule is Cc1ccc(-n2ncnc2C(C)C(=O)O)cc1. The number of carboxylic acid groups (broad SMARTS) is 1. The van der Waals surface area contributed by atoms with Crippen LogP contribution in [-0.4, -0.2) is 25.8 Å². The highest BCUT2D eigenvalue weighted by molar-refractivity contribution is 5.74. The molecule has 2 rings (SSSR count). The van der Waals surface area contributed by atoms with Crippen LogP contribution in [0.25, 0.3) is 5.69 Å². The van der Waals surface area contributed by atoms with Crippen molar-refractivity contribution >= 4 is 5.97 Å². The minimum absolute atomic E-state index is 0.432. The van der Waals surface area contributed by atoms with E-state index < -0.39 is 11.9 Å². The van der Waals surface area contributed by atoms with Gasteiger partial charge in [-0.25, -0.2) is 9.67 Å². The van der Waals surface area contributed by atoms with Crippen LogP contribution < -0.4 is 0 Å². The average Bonchev–Trinajstić information content (AvgIpc) is 2.77. The third-order valence-electron chi connectivity index (χ3n) is 2.61. The van der Waals surface area contributed by atoms with Gasteiger partial charge in [-0.3, -0.25) is 4.79 Å². The van der Waals surface area contributed by atoms with Crippen LogP contribution in [0.3, 0.4) is 0 Å². The molecule has 1 heterocycles. The third-order valence-corrected chi connectivity index (χ3v) is 2.61. The minimum atomic E-state index is -0.911. The molecular weight excluding hydrogens is 218 g/mol. The van der Waals surface area contributed by atoms with Crippen LogP contribution in [0.5, 0.6) is 0 Å². The largest absolute Gasteiger partial charge is 0.481 e. The summed E-state index contributed by atoms with van der Waals surface area (Å²) in [6.45, 7) is 3.59. The molecule has 1 unspecified atom stereocenters. The van der Waals surface area contributed by atoms with Crippen LogP contribution in [0.15, 0.2) is 30.6 Å². The van der Waals surface area contributed by atoms with Crippen LogP contribution in [0.4, 0.5) is 0 Å². The Morgan fingerprint density at radius 2 is 2.00 bits per heavy atom. The summed E-state index contributed by atoms with van der Waals surface area (Å²) in [5.41, 5.74) is 1.96. The fraction of sp³-hybridized carbons (Fsp3) is 0.250. The summed E-state index contributed by atoms with van der Waals surface area (Å²) in [6.07, 6.45) is 1.37. The molecule has 17 heavy (non-hydrogen) atoms. The van der Waals surface area contributed by atoms with Crippen molar-refractivity contribution in [2.45, 2.75) is 19.8 Å². The summed E-state index contributed by atoms with van der Waals surface area (Å²) in [5, 5.41) is 13.0. The Morgan fingerprint density at radius 1 is 1.35 bits per heavy atom. The molecule has 0 aliphatic carbocycles. The topological polar surface area (TPSA) is 68.0 Å². The Bertz CT molecular complexity index is 531. The lowest BCUT2D eigenvalue weighted by Gasteiger charge is -2.09. The van der Waals surface area contributed by atoms with E-state index in [-0.39, 0.29) is 0 Å². The van der Waals surface area contributed by atoms with Gasteiger partial charge in [-0.15, -0.1) is 0 Å². The first kappa shape index (κ1) is 11.3. The number of hydrogen-bond acceptors (Lipinski definition) is 3. The van der Waals surface area contributed by atoms with Gasteiger partial charge >= 0.3 is 5.97 Å². The first-order chi connectivity index (χ1) is 8.09. The van der Waals surface area contributed by atoms with E-state index in [0.29, 0.717) is 5.82 Å². The second-order valence-corrected chi connectivity index (χ2v) is 3.93. The number of aromatic nitrogens is 3. The first-order valence-corrected chi connectivity index (χ1v) is 5.29. The van der Waals surface area contributed by atoms with E-state index in [2.05, 4.69) is 10.1 Å². The van der Waals surface area contributed by atoms with E-state index in [1.165, 1.54) is 6.33 Å². The number of benzene rings is 1. The maximum absolute atomic E-state index is 11.0. The highest BCUT2D eigenvalue weighted by atomic mass is 16.4. The number of carbonyl (C=O) groups is 1. The number of aliphatic carboxylic acids is 1. The maximum atomic E-state index is 11.0. The van der Waals surface area contributed by atoms with Gasteiger partial charge in [-0.2, -0.15) is 5.10 Å². The Labute approximate surface area is 98.7 Å². The zero-order valence-corrected chi connectivity index (χ0v) is 9.66. The molecule has 2 aromatic rings. The van der Waals surface area contributed by atoms with E-state index in [0.717, 1.165) is 11.3 Å². The third kappa shape index (κ3) is 2.18. The van der Waals surface area contributed by atoms with E-state index in [1.54, 1.807) is 11.6 Å². The molecule has 1 N–H and O–H groups in total. The van der Waals surface area contributed by atoms with Gasteiger partial charge < -0.3 is 5.11 Å². The van der Waals surface area contributed by atoms with Gasteiger partial charge in [0.05, 0.1) is 5.69 Å². The van der Waals surface area contributed by atoms with Crippen LogP contribution in [0.1, 0.15) is 24.2 Å². The van der Waals surface area contributed by atoms with Crippen LogP contribution in [0, 0.1) is 6.92 Å². The molecular formula is C12H13N3O2. The van der Waals surface area contributed by atoms with Crippen LogP contribution in [0.2, 0.25) is 0 Å². The lowest BCUT2D eigenvalue weighted by molar-refractivity contribution is -0.138. The molecule has 1 aromatic heterocycles. The van der Waals surface area contributed by atoms with Gasteiger partial charge in [0.25, 0.3) is 0 Å². The smallest absolute Gasteiger partial charge is 0.313 e. The summed E-state index contributed by atoms with van der Waals surface area (Å²) >= 11 is 0. The Hall–Kier alpha value is -2.17. The quantitative estimate of drug-likeness (QED) is 0.874. The van der Waals surface area contributed by atoms with Crippen molar-refractivity contribution in [1.82, 2.24) is 14.8 Å². The van der Waals surface area contributed by atoms with Crippen molar-refractivity contribution in [2.24, 2.45) is 0 Å². The van der Waals surface area contributed by atoms with Crippen molar-refractivity contribution in [1.29, 1.82) is 0 Å². The fourth-order valence-electron chi connectivity index (χ4n) is 1.54. The lowest BCUT2D eigenvalue weighted by atomic mass is 10.1. The molecule has 0 saturated heterocycles. The normalized spacial score (nSPS) is 12.4. The van der Waals surface area contributed by atoms with Crippen LogP contribution >= 0.6 is 0 Å². The van der Waals surface area contributed by atoms with Crippen molar-refractivity contribution in [3.8, 4) is 5.69 Å². The molecule has 5 heteroatoms. The highest BCUT2D eigenvalue weighted by Crippen LogP contribution is 2.17. The number of aryl methyl sites for hydroxylation is 1. The average molecular weight is 231 g/mol. The van der Waals surface area contributed by atoms with Crippen molar-refractivity contribution in [3.63, 3.8) is 0 Å². The predicted octanol–water partition coefficient (Wildman–Crippen LogP) is 1.76. The second-order valence-electron chi connectivity index (χ2n) is 3.93. The van der Waals surface area contributed by atoms with Gasteiger partial charge in [-0.1, -0.05) is 17.7 Å². The van der Waals surface area contributed by atoms with Crippen LogP contribution in [-0.2, 0) is 4.79 Å². The first-order valence-electron chi connectivity index (χ1n) is 5.29. The van der Waals surface area contributed by atoms with E-state index in [1.807, 2.05) is 31.2 Å². The van der Waals surface area contributed by atoms with Gasteiger partial charge in [0.15, 0.2) is 0 Å². The molecule has 0 amide bonds. The van der Waals surface area contributed by atoms with Crippen molar-refractivity contribution in [3.05, 3.63) is 42.0 Å². The summed E-state index contributed by atoms with van der Waals surface area (Å²) in [7, 11) is 0. The zero-order valence-electron chi connectivity index (χ0n) is 9.66. The second kappa shape index (κ2) is 4.37. The molecule has 0 spiro atoms. The van der Waals surface area contributed by atoms with Gasteiger partial charge in [0, 0.05) is 0 Å². The van der Waals surface area contributed by atoms with E-state index in [4.69, 9.17) is 5.11 Å². The number of carboxylic acids is 1. The number of hydrogen-bond donors (Lipinski definition) is 1. The zero-order chi connectivity index (χ0) is 12.4. The molecule has 0 aliphatic heterocycles. The van der Waals surface area contributed by atoms with E-state index >= 15 is 0 Å². The molecule has 5 nitrogen and oxygen atoms in total. The monoisotopic (exact) mass is 231 g/mol. The number of rotatable bonds is 3. The summed E-state index contributed by atoms with van der Waals surface area (Å²) in [6, 6.07) is 7.68. The van der Waals surface area contributed by atoms with Crippen molar-refractivity contribution < 1.29 is 9.90 Å². The molecule has 88 valence electrons. The molecule has 0 aliphatic rings. The van der Waals surface area contributed by atoms with Gasteiger partial charge in [0.1, 0.15) is 18.1 Å². The highest BCUT2D eigenvalue weighted by Gasteiger charge is 2.20. The summed E-state index contributed by atoms with van der Waals surface area (Å²) in [5.74, 6) is -1.16. The minimum Gasteiger partial charge on any atom is -0.481 e. The standard InChI is InChI=1S/C12H13N3O2/c1-8-3-5-10(6-4-8)15-11(13-7-14-15)9(2)12(16)17/h3-7,9H,1-2H3,(H,16,17). The molecule has 0 radical (unpaired) electrons. The molecule has 0 saturated carbocycles. The summed E-state index contributed by atoms with van der Waals surface area (Å²) in [4.78, 5) is 15.0. The number of nitrogens with zero attached hydrogens (tertiary/aromatic N) is 3. The Kier molecular flexibility index (Phi) is 2.91. The lowest BCUT2D eigenvalue weighted by Crippen LogP contribution is -2.14. The molecule has 0 bridgehead atoms. The fourth-order valence-corrected chi connectivity index (χ4v) is 1.54. The van der Waals surface area contributed by atoms with Crippen molar-refractivity contribution in [2.75, 3.05) is 0 Å².